The molecular formula is C22H37IN4O2. The minimum absolute atomic E-state index is 0. The van der Waals surface area contributed by atoms with Gasteiger partial charge in [0.1, 0.15) is 5.75 Å². The topological polar surface area (TPSA) is 58.1 Å². The van der Waals surface area contributed by atoms with Crippen molar-refractivity contribution in [3.63, 3.8) is 0 Å². The minimum atomic E-state index is -0.126. The van der Waals surface area contributed by atoms with Gasteiger partial charge in [-0.05, 0) is 58.7 Å². The van der Waals surface area contributed by atoms with E-state index in [0.29, 0.717) is 6.54 Å². The number of nitrogens with one attached hydrogen (secondary N) is 2. The van der Waals surface area contributed by atoms with Gasteiger partial charge in [0.15, 0.2) is 5.96 Å². The van der Waals surface area contributed by atoms with Crippen LogP contribution in [-0.4, -0.2) is 62.9 Å². The molecule has 2 saturated heterocycles. The van der Waals surface area contributed by atoms with Crippen LogP contribution in [0, 0.1) is 0 Å². The van der Waals surface area contributed by atoms with Gasteiger partial charge in [-0.2, -0.15) is 0 Å². The zero-order valence-electron chi connectivity index (χ0n) is 18.1. The molecule has 2 unspecified atom stereocenters. The number of guanidine groups is 1. The summed E-state index contributed by atoms with van der Waals surface area (Å²) in [7, 11) is 1.75. The molecule has 1 aromatic rings. The van der Waals surface area contributed by atoms with Gasteiger partial charge in [0.2, 0.25) is 0 Å². The van der Waals surface area contributed by atoms with Gasteiger partial charge >= 0.3 is 0 Å². The lowest BCUT2D eigenvalue weighted by molar-refractivity contribution is 0.0283. The van der Waals surface area contributed by atoms with Gasteiger partial charge in [-0.25, -0.2) is 0 Å². The van der Waals surface area contributed by atoms with Crippen molar-refractivity contribution >= 4 is 29.9 Å². The maximum Gasteiger partial charge on any atom is 0.191 e. The number of para-hydroxylation sites is 1. The molecule has 0 radical (unpaired) electrons. The quantitative estimate of drug-likeness (QED) is 0.315. The van der Waals surface area contributed by atoms with Crippen molar-refractivity contribution in [2.75, 3.05) is 46.4 Å². The summed E-state index contributed by atoms with van der Waals surface area (Å²) in [6.07, 6.45) is 4.72. The third-order valence-corrected chi connectivity index (χ3v) is 5.76. The molecule has 2 N–H and O–H groups in total. The van der Waals surface area contributed by atoms with E-state index in [2.05, 4.69) is 47.6 Å². The fraction of sp³-hybridized carbons (Fsp3) is 0.682. The molecule has 0 amide bonds. The molecule has 2 heterocycles. The maximum atomic E-state index is 5.89. The largest absolute Gasteiger partial charge is 0.496 e. The van der Waals surface area contributed by atoms with E-state index in [1.54, 1.807) is 7.11 Å². The second kappa shape index (κ2) is 12.0. The molecule has 0 aromatic heterocycles. The van der Waals surface area contributed by atoms with E-state index in [-0.39, 0.29) is 35.6 Å². The van der Waals surface area contributed by atoms with E-state index in [1.165, 1.54) is 18.4 Å². The standard InChI is InChI=1S/C22H36N4O2.HI/c1-4-23-21(25-17-22(2)12-9-15-28-22)24-16-19(26-13-7-8-14-26)18-10-5-6-11-20(18)27-3;/h5-6,10-11,19H,4,7-9,12-17H2,1-3H3,(H2,23,24,25);1H. The summed E-state index contributed by atoms with van der Waals surface area (Å²) in [5.74, 6) is 1.81. The van der Waals surface area contributed by atoms with E-state index in [0.717, 1.165) is 57.3 Å². The zero-order chi connectivity index (χ0) is 19.8. The molecule has 0 spiro atoms. The molecule has 0 bridgehead atoms. The summed E-state index contributed by atoms with van der Waals surface area (Å²) in [6.45, 7) is 9.69. The van der Waals surface area contributed by atoms with Crippen LogP contribution in [0.4, 0.5) is 0 Å². The molecular weight excluding hydrogens is 479 g/mol. The summed E-state index contributed by atoms with van der Waals surface area (Å²) < 4.78 is 11.5. The number of aliphatic imine (C=N–C) groups is 1. The molecule has 2 aliphatic rings. The molecule has 7 heteroatoms. The number of halogens is 1. The highest BCUT2D eigenvalue weighted by molar-refractivity contribution is 14.0. The lowest BCUT2D eigenvalue weighted by Crippen LogP contribution is -2.43. The molecule has 6 nitrogen and oxygen atoms in total. The second-order valence-electron chi connectivity index (χ2n) is 7.98. The molecule has 1 aromatic carbocycles. The Kier molecular flexibility index (Phi) is 9.98. The maximum absolute atomic E-state index is 5.89. The lowest BCUT2D eigenvalue weighted by Gasteiger charge is -2.30. The highest BCUT2D eigenvalue weighted by Gasteiger charge is 2.30. The van der Waals surface area contributed by atoms with Crippen molar-refractivity contribution in [1.82, 2.24) is 15.5 Å². The Morgan fingerprint density at radius 1 is 1.24 bits per heavy atom. The van der Waals surface area contributed by atoms with Gasteiger partial charge in [0, 0.05) is 25.3 Å². The van der Waals surface area contributed by atoms with Crippen molar-refractivity contribution in [2.45, 2.75) is 51.2 Å². The first-order chi connectivity index (χ1) is 13.6. The number of hydrogen-bond donors (Lipinski definition) is 2. The van der Waals surface area contributed by atoms with Crippen molar-refractivity contribution in [2.24, 2.45) is 4.99 Å². The van der Waals surface area contributed by atoms with Gasteiger partial charge in [0.25, 0.3) is 0 Å². The number of methoxy groups -OCH3 is 1. The average molecular weight is 516 g/mol. The Balaban J connectivity index is 0.00000300. The SMILES string of the molecule is CCNC(=NCC1(C)CCCO1)NCC(c1ccccc1OC)N1CCCC1.I. The van der Waals surface area contributed by atoms with Gasteiger partial charge in [-0.1, -0.05) is 18.2 Å². The van der Waals surface area contributed by atoms with Crippen LogP contribution < -0.4 is 15.4 Å². The number of hydrogen-bond acceptors (Lipinski definition) is 4. The first-order valence-electron chi connectivity index (χ1n) is 10.7. The van der Waals surface area contributed by atoms with Crippen molar-refractivity contribution in [1.29, 1.82) is 0 Å². The van der Waals surface area contributed by atoms with Crippen LogP contribution in [0.15, 0.2) is 29.3 Å². The fourth-order valence-electron chi connectivity index (χ4n) is 4.17. The lowest BCUT2D eigenvalue weighted by atomic mass is 10.0. The van der Waals surface area contributed by atoms with Gasteiger partial charge in [0.05, 0.1) is 25.3 Å². The number of benzene rings is 1. The Morgan fingerprint density at radius 2 is 2.00 bits per heavy atom. The third-order valence-electron chi connectivity index (χ3n) is 5.76. The Bertz CT molecular complexity index is 643. The van der Waals surface area contributed by atoms with Crippen LogP contribution in [0.1, 0.15) is 51.1 Å². The number of nitrogens with zero attached hydrogens (tertiary/aromatic N) is 2. The Hall–Kier alpha value is -1.06. The Morgan fingerprint density at radius 3 is 2.66 bits per heavy atom. The van der Waals surface area contributed by atoms with E-state index in [1.807, 2.05) is 6.07 Å². The molecule has 3 rings (SSSR count). The van der Waals surface area contributed by atoms with Crippen LogP contribution in [0.3, 0.4) is 0 Å². The summed E-state index contributed by atoms with van der Waals surface area (Å²) in [6, 6.07) is 8.63. The summed E-state index contributed by atoms with van der Waals surface area (Å²) in [5.41, 5.74) is 1.11. The smallest absolute Gasteiger partial charge is 0.191 e. The highest BCUT2D eigenvalue weighted by atomic mass is 127. The predicted molar refractivity (Wildman–Crippen MR) is 130 cm³/mol. The number of rotatable bonds is 8. The van der Waals surface area contributed by atoms with Crippen LogP contribution >= 0.6 is 24.0 Å². The number of ether oxygens (including phenoxy) is 2. The first-order valence-corrected chi connectivity index (χ1v) is 10.7. The summed E-state index contributed by atoms with van der Waals surface area (Å²) in [4.78, 5) is 7.37. The van der Waals surface area contributed by atoms with Gasteiger partial charge < -0.3 is 20.1 Å². The zero-order valence-corrected chi connectivity index (χ0v) is 20.4. The van der Waals surface area contributed by atoms with Gasteiger partial charge in [-0.15, -0.1) is 24.0 Å². The predicted octanol–water partition coefficient (Wildman–Crippen LogP) is 3.57. The Labute approximate surface area is 192 Å². The van der Waals surface area contributed by atoms with E-state index in [9.17, 15) is 0 Å². The van der Waals surface area contributed by atoms with Crippen LogP contribution in [0.25, 0.3) is 0 Å². The summed E-state index contributed by atoms with van der Waals surface area (Å²) >= 11 is 0. The van der Waals surface area contributed by atoms with Crippen LogP contribution in [0.5, 0.6) is 5.75 Å². The molecule has 2 aliphatic heterocycles. The van der Waals surface area contributed by atoms with Crippen LogP contribution in [-0.2, 0) is 4.74 Å². The highest BCUT2D eigenvalue weighted by Crippen LogP contribution is 2.31. The fourth-order valence-corrected chi connectivity index (χ4v) is 4.17. The monoisotopic (exact) mass is 516 g/mol. The average Bonchev–Trinajstić information content (AvgIpc) is 3.39. The molecule has 164 valence electrons. The third kappa shape index (κ3) is 6.72. The van der Waals surface area contributed by atoms with E-state index >= 15 is 0 Å². The van der Waals surface area contributed by atoms with E-state index in [4.69, 9.17) is 14.5 Å². The minimum Gasteiger partial charge on any atom is -0.496 e. The van der Waals surface area contributed by atoms with E-state index < -0.39 is 0 Å². The first kappa shape index (κ1) is 24.2. The molecule has 2 fully saturated rings. The van der Waals surface area contributed by atoms with Crippen molar-refractivity contribution in [3.8, 4) is 5.75 Å². The number of likely N-dealkylation sites (tertiary alicyclic amines) is 1. The van der Waals surface area contributed by atoms with Crippen molar-refractivity contribution < 1.29 is 9.47 Å². The summed E-state index contributed by atoms with van der Waals surface area (Å²) in [5, 5.41) is 6.96. The molecule has 0 saturated carbocycles. The normalized spacial score (nSPS) is 23.5. The molecule has 0 aliphatic carbocycles. The molecule has 29 heavy (non-hydrogen) atoms. The van der Waals surface area contributed by atoms with Crippen LogP contribution in [0.2, 0.25) is 0 Å². The van der Waals surface area contributed by atoms with Crippen molar-refractivity contribution in [3.05, 3.63) is 29.8 Å². The molecule has 2 atom stereocenters. The second-order valence-corrected chi connectivity index (χ2v) is 7.98. The van der Waals surface area contributed by atoms with Gasteiger partial charge in [-0.3, -0.25) is 9.89 Å².